The topological polar surface area (TPSA) is 52.4 Å². The van der Waals surface area contributed by atoms with Gasteiger partial charge in [0.15, 0.2) is 5.75 Å². The SMILES string of the molecule is C=CC(C)c1ccc(OCC)c([N+](=O)[O-])c1. The third-order valence-corrected chi connectivity index (χ3v) is 2.36. The molecule has 0 spiro atoms. The van der Waals surface area contributed by atoms with Gasteiger partial charge in [0.1, 0.15) is 0 Å². The number of ether oxygens (including phenoxy) is 1. The number of allylic oxidation sites excluding steroid dienone is 1. The fourth-order valence-electron chi connectivity index (χ4n) is 1.37. The summed E-state index contributed by atoms with van der Waals surface area (Å²) in [5, 5.41) is 10.9. The quantitative estimate of drug-likeness (QED) is 0.435. The highest BCUT2D eigenvalue weighted by Gasteiger charge is 2.16. The van der Waals surface area contributed by atoms with Crippen LogP contribution in [0.15, 0.2) is 30.9 Å². The highest BCUT2D eigenvalue weighted by Crippen LogP contribution is 2.30. The molecule has 0 fully saturated rings. The third-order valence-electron chi connectivity index (χ3n) is 2.36. The van der Waals surface area contributed by atoms with Crippen LogP contribution in [0.25, 0.3) is 0 Å². The molecule has 4 nitrogen and oxygen atoms in total. The number of hydrogen-bond acceptors (Lipinski definition) is 3. The normalized spacial score (nSPS) is 11.9. The fourth-order valence-corrected chi connectivity index (χ4v) is 1.37. The maximum absolute atomic E-state index is 10.9. The van der Waals surface area contributed by atoms with E-state index in [1.807, 2.05) is 13.0 Å². The van der Waals surface area contributed by atoms with Gasteiger partial charge in [-0.2, -0.15) is 0 Å². The van der Waals surface area contributed by atoms with Crippen molar-refractivity contribution in [3.05, 3.63) is 46.5 Å². The second kappa shape index (κ2) is 5.30. The molecule has 0 aliphatic rings. The van der Waals surface area contributed by atoms with Crippen molar-refractivity contribution >= 4 is 5.69 Å². The van der Waals surface area contributed by atoms with Crippen LogP contribution in [0.4, 0.5) is 5.69 Å². The Morgan fingerprint density at radius 2 is 2.31 bits per heavy atom. The lowest BCUT2D eigenvalue weighted by Gasteiger charge is -2.09. The minimum atomic E-state index is -0.426. The zero-order chi connectivity index (χ0) is 12.1. The van der Waals surface area contributed by atoms with Crippen molar-refractivity contribution in [2.75, 3.05) is 6.61 Å². The Kier molecular flexibility index (Phi) is 4.05. The molecule has 0 aliphatic heterocycles. The average Bonchev–Trinajstić information content (AvgIpc) is 2.28. The largest absolute Gasteiger partial charge is 0.487 e. The Morgan fingerprint density at radius 3 is 2.81 bits per heavy atom. The van der Waals surface area contributed by atoms with Crippen LogP contribution in [0.1, 0.15) is 25.3 Å². The molecule has 1 atom stereocenters. The number of nitro groups is 1. The van der Waals surface area contributed by atoms with Crippen molar-refractivity contribution in [2.45, 2.75) is 19.8 Å². The van der Waals surface area contributed by atoms with Gasteiger partial charge in [0.25, 0.3) is 0 Å². The van der Waals surface area contributed by atoms with Crippen molar-refractivity contribution in [3.8, 4) is 5.75 Å². The first-order valence-corrected chi connectivity index (χ1v) is 5.13. The first-order chi connectivity index (χ1) is 7.60. The molecule has 1 unspecified atom stereocenters. The molecule has 0 aliphatic carbocycles. The molecule has 0 bridgehead atoms. The smallest absolute Gasteiger partial charge is 0.311 e. The minimum absolute atomic E-state index is 0.00745. The van der Waals surface area contributed by atoms with Gasteiger partial charge in [-0.3, -0.25) is 10.1 Å². The van der Waals surface area contributed by atoms with Crippen molar-refractivity contribution in [1.82, 2.24) is 0 Å². The molecule has 0 heterocycles. The predicted molar refractivity (Wildman–Crippen MR) is 62.9 cm³/mol. The zero-order valence-corrected chi connectivity index (χ0v) is 9.47. The van der Waals surface area contributed by atoms with Crippen molar-refractivity contribution < 1.29 is 9.66 Å². The Morgan fingerprint density at radius 1 is 1.62 bits per heavy atom. The van der Waals surface area contributed by atoms with Gasteiger partial charge in [-0.25, -0.2) is 0 Å². The van der Waals surface area contributed by atoms with E-state index in [1.54, 1.807) is 19.1 Å². The molecule has 1 aromatic carbocycles. The van der Waals surface area contributed by atoms with Crippen LogP contribution in [0.2, 0.25) is 0 Å². The standard InChI is InChI=1S/C12H15NO3/c1-4-9(3)10-6-7-12(16-5-2)11(8-10)13(14)15/h4,6-9H,1,5H2,2-3H3. The van der Waals surface area contributed by atoms with Crippen molar-refractivity contribution in [1.29, 1.82) is 0 Å². The summed E-state index contributed by atoms with van der Waals surface area (Å²) in [6, 6.07) is 5.00. The Hall–Kier alpha value is -1.84. The van der Waals surface area contributed by atoms with Crippen LogP contribution >= 0.6 is 0 Å². The molecule has 4 heteroatoms. The number of hydrogen-bond donors (Lipinski definition) is 0. The van der Waals surface area contributed by atoms with Crippen LogP contribution in [0, 0.1) is 10.1 Å². The molecule has 0 saturated carbocycles. The van der Waals surface area contributed by atoms with Gasteiger partial charge in [0.2, 0.25) is 0 Å². The monoisotopic (exact) mass is 221 g/mol. The minimum Gasteiger partial charge on any atom is -0.487 e. The molecule has 1 aromatic rings. The molecule has 0 saturated heterocycles. The van der Waals surface area contributed by atoms with Crippen LogP contribution in [0.5, 0.6) is 5.75 Å². The highest BCUT2D eigenvalue weighted by atomic mass is 16.6. The Bertz CT molecular complexity index is 401. The van der Waals surface area contributed by atoms with Gasteiger partial charge in [-0.1, -0.05) is 19.1 Å². The molecule has 86 valence electrons. The van der Waals surface area contributed by atoms with E-state index in [4.69, 9.17) is 4.74 Å². The first kappa shape index (κ1) is 12.2. The maximum atomic E-state index is 10.9. The molecule has 1 rings (SSSR count). The van der Waals surface area contributed by atoms with E-state index in [-0.39, 0.29) is 11.6 Å². The lowest BCUT2D eigenvalue weighted by atomic mass is 10.0. The van der Waals surface area contributed by atoms with Gasteiger partial charge in [-0.15, -0.1) is 6.58 Å². The summed E-state index contributed by atoms with van der Waals surface area (Å²) in [6.07, 6.45) is 1.75. The van der Waals surface area contributed by atoms with Crippen LogP contribution in [0.3, 0.4) is 0 Å². The maximum Gasteiger partial charge on any atom is 0.311 e. The highest BCUT2D eigenvalue weighted by molar-refractivity contribution is 5.49. The Balaban J connectivity index is 3.16. The lowest BCUT2D eigenvalue weighted by molar-refractivity contribution is -0.385. The molecule has 0 amide bonds. The van der Waals surface area contributed by atoms with E-state index in [1.165, 1.54) is 6.07 Å². The summed E-state index contributed by atoms with van der Waals surface area (Å²) in [5.41, 5.74) is 0.873. The number of rotatable bonds is 5. The number of nitro benzene ring substituents is 1. The third kappa shape index (κ3) is 2.59. The van der Waals surface area contributed by atoms with Crippen LogP contribution in [-0.2, 0) is 0 Å². The van der Waals surface area contributed by atoms with Crippen molar-refractivity contribution in [2.24, 2.45) is 0 Å². The molecule has 0 aromatic heterocycles. The average molecular weight is 221 g/mol. The molecule has 0 N–H and O–H groups in total. The van der Waals surface area contributed by atoms with Gasteiger partial charge >= 0.3 is 5.69 Å². The molecule has 16 heavy (non-hydrogen) atoms. The molecule has 0 radical (unpaired) electrons. The summed E-state index contributed by atoms with van der Waals surface area (Å²) in [5.74, 6) is 0.405. The summed E-state index contributed by atoms with van der Waals surface area (Å²) < 4.78 is 5.20. The van der Waals surface area contributed by atoms with Gasteiger partial charge in [0, 0.05) is 6.07 Å². The Labute approximate surface area is 94.7 Å². The number of nitrogens with zero attached hydrogens (tertiary/aromatic N) is 1. The van der Waals surface area contributed by atoms with E-state index in [9.17, 15) is 10.1 Å². The lowest BCUT2D eigenvalue weighted by Crippen LogP contribution is -1.99. The van der Waals surface area contributed by atoms with E-state index in [2.05, 4.69) is 6.58 Å². The van der Waals surface area contributed by atoms with E-state index in [0.29, 0.717) is 12.4 Å². The van der Waals surface area contributed by atoms with E-state index in [0.717, 1.165) is 5.56 Å². The van der Waals surface area contributed by atoms with Gasteiger partial charge < -0.3 is 4.74 Å². The predicted octanol–water partition coefficient (Wildman–Crippen LogP) is 3.28. The molecular weight excluding hydrogens is 206 g/mol. The van der Waals surface area contributed by atoms with E-state index >= 15 is 0 Å². The first-order valence-electron chi connectivity index (χ1n) is 5.13. The van der Waals surface area contributed by atoms with Crippen molar-refractivity contribution in [3.63, 3.8) is 0 Å². The van der Waals surface area contributed by atoms with Crippen LogP contribution in [-0.4, -0.2) is 11.5 Å². The van der Waals surface area contributed by atoms with E-state index < -0.39 is 4.92 Å². The van der Waals surface area contributed by atoms with Gasteiger partial charge in [0.05, 0.1) is 11.5 Å². The van der Waals surface area contributed by atoms with Crippen LogP contribution < -0.4 is 4.74 Å². The second-order valence-electron chi connectivity index (χ2n) is 3.44. The number of benzene rings is 1. The molecular formula is C12H15NO3. The second-order valence-corrected chi connectivity index (χ2v) is 3.44. The summed E-state index contributed by atoms with van der Waals surface area (Å²) in [4.78, 5) is 10.4. The van der Waals surface area contributed by atoms with Gasteiger partial charge in [-0.05, 0) is 24.5 Å². The summed E-state index contributed by atoms with van der Waals surface area (Å²) in [7, 11) is 0. The summed E-state index contributed by atoms with van der Waals surface area (Å²) >= 11 is 0. The summed E-state index contributed by atoms with van der Waals surface area (Å²) in [6.45, 7) is 7.82. The fraction of sp³-hybridized carbons (Fsp3) is 0.333. The zero-order valence-electron chi connectivity index (χ0n) is 9.47.